The Morgan fingerprint density at radius 3 is 1.43 bits per heavy atom. The highest BCUT2D eigenvalue weighted by Crippen LogP contribution is 2.38. The molecule has 1 atom stereocenters. The molecule has 1 unspecified atom stereocenters. The lowest BCUT2D eigenvalue weighted by atomic mass is 9.66. The number of hydrazine groups is 1. The van der Waals surface area contributed by atoms with Crippen molar-refractivity contribution < 1.29 is 71.9 Å². The number of aromatic amines is 2. The number of nitrogens with one attached hydrogen (secondary N) is 3. The van der Waals surface area contributed by atoms with Crippen molar-refractivity contribution in [2.24, 2.45) is 37.1 Å². The zero-order valence-electron chi connectivity index (χ0n) is 91.7. The molecule has 138 heavy (non-hydrogen) atoms. The number of hydrogen-bond acceptors (Lipinski definition) is 25. The number of nitrogens with zero attached hydrogens (tertiary/aromatic N) is 9. The Balaban J connectivity index is 0.000000313. The smallest absolute Gasteiger partial charge is 0.546 e. The highest BCUT2D eigenvalue weighted by atomic mass is 16.5. The van der Waals surface area contributed by atoms with Crippen LogP contribution in [0.4, 0.5) is 0 Å². The number of ketones is 1. The van der Waals surface area contributed by atoms with Crippen LogP contribution in [-0.2, 0) is 85.6 Å². The van der Waals surface area contributed by atoms with Gasteiger partial charge in [0.15, 0.2) is 23.4 Å². The van der Waals surface area contributed by atoms with E-state index in [0.717, 1.165) is 77.0 Å². The van der Waals surface area contributed by atoms with Gasteiger partial charge in [0.25, 0.3) is 0 Å². The third kappa shape index (κ3) is 42.2. The molecule has 9 aliphatic rings. The first-order chi connectivity index (χ1) is 62.9. The van der Waals surface area contributed by atoms with E-state index in [1.165, 1.54) is 34.3 Å². The Hall–Kier alpha value is -8.68. The fourth-order valence-corrected chi connectivity index (χ4v) is 13.9. The summed E-state index contributed by atoms with van der Waals surface area (Å²) in [6.07, 6.45) is 24.1. The third-order valence-electron chi connectivity index (χ3n) is 22.5. The first-order valence-corrected chi connectivity index (χ1v) is 48.5. The average molecular weight is 1910 g/mol. The van der Waals surface area contributed by atoms with Crippen molar-refractivity contribution in [2.75, 3.05) is 19.6 Å². The molecule has 0 radical (unpaired) electrons. The fourth-order valence-electron chi connectivity index (χ4n) is 13.9. The number of aliphatic imine (C=N–C) groups is 2. The van der Waals surface area contributed by atoms with Crippen LogP contribution in [0.3, 0.4) is 0 Å². The van der Waals surface area contributed by atoms with Gasteiger partial charge in [0, 0.05) is 107 Å². The number of aliphatic hydroxyl groups is 1. The van der Waals surface area contributed by atoms with Crippen LogP contribution in [0.15, 0.2) is 163 Å². The quantitative estimate of drug-likeness (QED) is 0.0637. The number of hydrogen-bond donors (Lipinski definition) is 9. The van der Waals surface area contributed by atoms with Crippen LogP contribution in [0.25, 0.3) is 0 Å². The molecule has 3 aromatic carbocycles. The number of oxazole rings is 1. The Morgan fingerprint density at radius 1 is 0.536 bits per heavy atom. The molecule has 0 bridgehead atoms. The summed E-state index contributed by atoms with van der Waals surface area (Å²) in [6, 6.07) is 20.9. The first-order valence-electron chi connectivity index (χ1n) is 48.5. The van der Waals surface area contributed by atoms with Crippen LogP contribution in [0, 0.1) is 27.1 Å². The molecule has 1 fully saturated rings. The van der Waals surface area contributed by atoms with E-state index in [-0.39, 0.29) is 82.5 Å². The topological polar surface area (TPSA) is 378 Å². The number of carbonyl (C=O) groups is 1. The van der Waals surface area contributed by atoms with E-state index in [2.05, 4.69) is 323 Å². The minimum atomic E-state index is -0.729. The molecule has 1 aliphatic carbocycles. The van der Waals surface area contributed by atoms with Crippen molar-refractivity contribution in [2.45, 2.75) is 378 Å². The highest BCUT2D eigenvalue weighted by Gasteiger charge is 2.39. The average Bonchev–Trinajstić information content (AvgIpc) is 1.66. The summed E-state index contributed by atoms with van der Waals surface area (Å²) >= 11 is 0. The lowest BCUT2D eigenvalue weighted by Crippen LogP contribution is -2.45. The van der Waals surface area contributed by atoms with Gasteiger partial charge in [0.1, 0.15) is 24.2 Å². The van der Waals surface area contributed by atoms with Gasteiger partial charge in [0.2, 0.25) is 0 Å². The van der Waals surface area contributed by atoms with Crippen molar-refractivity contribution >= 4 is 70.8 Å². The molecule has 762 valence electrons. The lowest BCUT2D eigenvalue weighted by molar-refractivity contribution is -0.115. The lowest BCUT2D eigenvalue weighted by Gasteiger charge is -2.31. The Morgan fingerprint density at radius 2 is 1.11 bits per heavy atom. The van der Waals surface area contributed by atoms with E-state index in [0.29, 0.717) is 69.1 Å². The van der Waals surface area contributed by atoms with Gasteiger partial charge in [-0.05, 0) is 162 Å². The number of rotatable bonds is 0. The number of benzene rings is 3. The van der Waals surface area contributed by atoms with Gasteiger partial charge >= 0.3 is 48.3 Å². The Bertz CT molecular complexity index is 5000. The number of aromatic nitrogens is 8. The van der Waals surface area contributed by atoms with Crippen molar-refractivity contribution in [1.29, 1.82) is 0 Å². The Kier molecular flexibility index (Phi) is 44.8. The normalized spacial score (nSPS) is 16.8. The van der Waals surface area contributed by atoms with E-state index in [9.17, 15) is 29.8 Å². The monoisotopic (exact) mass is 1910 g/mol. The minimum absolute atomic E-state index is 0.0376. The number of Topliss-reactive ketones (excluding diaryl/α,β-unsaturated/α-hetero) is 1. The molecule has 28 nitrogen and oxygen atoms in total. The summed E-state index contributed by atoms with van der Waals surface area (Å²) in [7, 11) is -3.34. The van der Waals surface area contributed by atoms with Gasteiger partial charge in [-0.2, -0.15) is 10.2 Å². The molecule has 7 aromatic rings. The molecule has 8 aliphatic heterocycles. The van der Waals surface area contributed by atoms with Crippen molar-refractivity contribution in [3.63, 3.8) is 0 Å². The number of aliphatic hydroxyl groups excluding tert-OH is 1. The first kappa shape index (κ1) is 122. The summed E-state index contributed by atoms with van der Waals surface area (Å²) in [5.41, 5.74) is 16.4. The fraction of sp³-hybridized carbons (Fsp3) is 0.625. The van der Waals surface area contributed by atoms with Crippen LogP contribution >= 0.6 is 0 Å². The summed E-state index contributed by atoms with van der Waals surface area (Å²) in [5.74, 6) is 3.95. The molecule has 34 heteroatoms. The molecule has 4 aromatic heterocycles. The molecular weight excluding hydrogens is 1740 g/mol. The summed E-state index contributed by atoms with van der Waals surface area (Å²) in [6.45, 7) is 87.1. The van der Waals surface area contributed by atoms with Crippen LogP contribution in [0.1, 0.15) is 347 Å². The summed E-state index contributed by atoms with van der Waals surface area (Å²) in [5, 5.41) is 72.0. The second kappa shape index (κ2) is 50.8. The standard InChI is InChI=1S/C12H17BO.2C11H15BO2.C9H14O2.C8H13N.C7H13BO2.C7H15BO2.C7H14N2.C7H12N2.C7H11NO.C6H12BNO2.C6H11N3.C6H10N2O2/c1-12(2,3)10-6-5-9-8-13(4)14-11(9)7-10;1-11(2,3)9-4-5-10-8(6-9)7-14-12(10)13;1-11(2,3)9-5-4-8-7-14-12(13)10(8)6-9;1-9(2,3)8-6(10)4-5-7(8)11;1-8(2,3)7-5-4-6-9-7;1-7(2,3)6-4-5-10-8(6)9;1-7(2,3)6-4-5-8(9)10-6;2*1-7(2,3)9-6-4-5-8-9;1-7(2,3)6-8-4-5-9-6;1-6(2,3)5-8-4-7(9)10-5;1-6(2,3)5-7-4-8-9-5;1-6(2,3)4-7-5(9)10-8-4/h5-7H,8H2,1-4H3;2*4-6,13H,7H2,1-3H3;10H,4-5H2,1-3H3;4,6H,5H2,1-3H3;4,9H,5H2,1-3H3;6,9H,4-5H2,1-3H3;4-5,8H,6H2,1-3H3;4-6H,1-3H3;4-5H,1-3H3;9H,4H2,1-3H3;4H,1-3H3,(H,7,8,9);1-3H3,(H,7,8,9). The predicted octanol–water partition coefficient (Wildman–Crippen LogP) is 19.4. The second-order valence-electron chi connectivity index (χ2n) is 49.2. The van der Waals surface area contributed by atoms with Crippen LogP contribution < -0.4 is 26.8 Å². The largest absolute Gasteiger partial charge is 0.561 e. The van der Waals surface area contributed by atoms with E-state index in [4.69, 9.17) is 42.4 Å². The van der Waals surface area contributed by atoms with E-state index in [1.807, 2.05) is 116 Å². The maximum atomic E-state index is 11.2. The van der Waals surface area contributed by atoms with Crippen LogP contribution in [0.5, 0.6) is 5.75 Å². The molecule has 0 saturated carbocycles. The minimum Gasteiger partial charge on any atom is -0.561 e. The van der Waals surface area contributed by atoms with Gasteiger partial charge in [-0.1, -0.05) is 300 Å². The van der Waals surface area contributed by atoms with Crippen LogP contribution in [0.2, 0.25) is 13.1 Å². The van der Waals surface area contributed by atoms with Crippen molar-refractivity contribution in [1.82, 2.24) is 50.5 Å². The van der Waals surface area contributed by atoms with Gasteiger partial charge in [0.05, 0.1) is 37.2 Å². The van der Waals surface area contributed by atoms with E-state index in [1.54, 1.807) is 18.7 Å². The van der Waals surface area contributed by atoms with Crippen LogP contribution in [-0.4, -0.2) is 166 Å². The highest BCUT2D eigenvalue weighted by molar-refractivity contribution is 6.62. The van der Waals surface area contributed by atoms with Gasteiger partial charge in [-0.15, -0.1) is 0 Å². The summed E-state index contributed by atoms with van der Waals surface area (Å²) < 4.78 is 42.7. The number of allylic oxidation sites excluding steroid dienone is 4. The maximum absolute atomic E-state index is 11.2. The molecular formula is C104H172B6N12O16. The molecule has 16 rings (SSSR count). The van der Waals surface area contributed by atoms with Crippen molar-refractivity contribution in [3.8, 4) is 5.75 Å². The molecule has 1 saturated heterocycles. The zero-order chi connectivity index (χ0) is 105. The third-order valence-corrected chi connectivity index (χ3v) is 22.5. The number of H-pyrrole nitrogens is 2. The summed E-state index contributed by atoms with van der Waals surface area (Å²) in [4.78, 5) is 40.5. The number of fused-ring (bicyclic) bond motifs is 3. The predicted molar refractivity (Wildman–Crippen MR) is 566 cm³/mol. The molecule has 12 heterocycles. The van der Waals surface area contributed by atoms with Gasteiger partial charge in [-0.3, -0.25) is 34.1 Å². The number of carbonyl (C=O) groups excluding carboxylic acids is 1. The van der Waals surface area contributed by atoms with Gasteiger partial charge < -0.3 is 68.0 Å². The van der Waals surface area contributed by atoms with Gasteiger partial charge in [-0.25, -0.2) is 19.8 Å². The SMILES string of the molecule is CB1Cc2ccc(C(C)(C)C)cc2O1.CC(C)(C)C1=C(O)CCC1=O.CC(C)(C)C1=CCOB1O.CC(C)(C)C1=NC=CC1.CC(C)(C)C1=NCB(O)O1.CC(C)(C)C1CCB(O)O1.CC(C)(C)N1CC=CN1.CC(C)(C)c1ccc2c(c1)B(O)OC2.CC(C)(C)c1ccc2c(c1)COB2O.CC(C)(C)c1ncco1.CC(C)(C)c1ncn[nH]1.CC(C)(C)c1noc(=O)[nH]1.CC(C)(C)n1cccn1. The zero-order valence-corrected chi connectivity index (χ0v) is 91.7. The maximum Gasteiger partial charge on any atom is 0.546 e. The van der Waals surface area contributed by atoms with E-state index < -0.39 is 41.3 Å². The Labute approximate surface area is 829 Å². The molecule has 9 N–H and O–H groups in total. The molecule has 0 spiro atoms. The second-order valence-corrected chi connectivity index (χ2v) is 49.2. The molecule has 0 amide bonds. The van der Waals surface area contributed by atoms with Crippen molar-refractivity contribution in [3.05, 3.63) is 201 Å². The van der Waals surface area contributed by atoms with E-state index >= 15 is 0 Å².